The maximum atomic E-state index is 13.3. The van der Waals surface area contributed by atoms with Crippen molar-refractivity contribution in [2.24, 2.45) is 0 Å². The van der Waals surface area contributed by atoms with Gasteiger partial charge < -0.3 is 24.1 Å². The van der Waals surface area contributed by atoms with E-state index in [1.165, 1.54) is 19.2 Å². The van der Waals surface area contributed by atoms with Crippen LogP contribution in [0.4, 0.5) is 0 Å². The fraction of sp³-hybridized carbons (Fsp3) is 0.240. The number of fused-ring (bicyclic) bond motifs is 1. The summed E-state index contributed by atoms with van der Waals surface area (Å²) >= 11 is 0. The lowest BCUT2D eigenvalue weighted by Gasteiger charge is -2.13. The summed E-state index contributed by atoms with van der Waals surface area (Å²) in [6.45, 7) is 1.22. The van der Waals surface area contributed by atoms with Gasteiger partial charge in [0.15, 0.2) is 11.6 Å². The Balaban J connectivity index is 1.61. The lowest BCUT2D eigenvalue weighted by molar-refractivity contribution is 0.0970. The van der Waals surface area contributed by atoms with E-state index in [0.29, 0.717) is 46.9 Å². The number of aromatic nitrogens is 3. The van der Waals surface area contributed by atoms with Crippen LogP contribution in [0.1, 0.15) is 28.8 Å². The molecule has 33 heavy (non-hydrogen) atoms. The van der Waals surface area contributed by atoms with Crippen molar-refractivity contribution in [1.82, 2.24) is 14.5 Å². The summed E-state index contributed by atoms with van der Waals surface area (Å²) in [5.41, 5.74) is 1.41. The number of H-pyrrole nitrogens is 1. The number of hydrogen-bond donors (Lipinski definition) is 2. The molecule has 1 atom stereocenters. The first-order valence-corrected chi connectivity index (χ1v) is 10.8. The Bertz CT molecular complexity index is 1400. The standard InChI is InChI=1S/C25H23N3O5/c1-32-16-8-9-22(29)19(12-16)23(30)15-11-21(28(13-15)14-17-5-4-10-33-17)24-26-20-7-3-2-6-18(20)25(31)27-24/h2-3,6-9,11-13,17,29H,4-5,10,14H2,1H3,(H,26,27,31). The summed E-state index contributed by atoms with van der Waals surface area (Å²) in [5.74, 6) is 0.342. The van der Waals surface area contributed by atoms with E-state index in [-0.39, 0.29) is 28.8 Å². The Morgan fingerprint density at radius 2 is 2.12 bits per heavy atom. The Kier molecular flexibility index (Phi) is 5.43. The first-order chi connectivity index (χ1) is 16.0. The maximum absolute atomic E-state index is 13.3. The zero-order chi connectivity index (χ0) is 22.9. The molecule has 8 heteroatoms. The molecule has 0 spiro atoms. The highest BCUT2D eigenvalue weighted by molar-refractivity contribution is 6.11. The predicted molar refractivity (Wildman–Crippen MR) is 123 cm³/mol. The Morgan fingerprint density at radius 1 is 1.27 bits per heavy atom. The summed E-state index contributed by atoms with van der Waals surface area (Å²) < 4.78 is 12.9. The van der Waals surface area contributed by atoms with Gasteiger partial charge in [0.25, 0.3) is 5.56 Å². The monoisotopic (exact) mass is 445 g/mol. The van der Waals surface area contributed by atoms with Gasteiger partial charge in [-0.15, -0.1) is 0 Å². The van der Waals surface area contributed by atoms with Crippen LogP contribution in [0.2, 0.25) is 0 Å². The molecular formula is C25H23N3O5. The molecule has 0 aliphatic carbocycles. The number of para-hydroxylation sites is 1. The van der Waals surface area contributed by atoms with Gasteiger partial charge in [0.1, 0.15) is 11.5 Å². The number of aromatic hydroxyl groups is 1. The predicted octanol–water partition coefficient (Wildman–Crippen LogP) is 3.52. The first kappa shape index (κ1) is 21.0. The highest BCUT2D eigenvalue weighted by atomic mass is 16.5. The molecule has 168 valence electrons. The van der Waals surface area contributed by atoms with Crippen LogP contribution >= 0.6 is 0 Å². The highest BCUT2D eigenvalue weighted by Crippen LogP contribution is 2.29. The summed E-state index contributed by atoms with van der Waals surface area (Å²) in [7, 11) is 1.50. The topological polar surface area (TPSA) is 106 Å². The number of carbonyl (C=O) groups is 1. The average Bonchev–Trinajstić information content (AvgIpc) is 3.49. The fourth-order valence-corrected chi connectivity index (χ4v) is 4.18. The Morgan fingerprint density at radius 3 is 2.91 bits per heavy atom. The second kappa shape index (κ2) is 8.55. The van der Waals surface area contributed by atoms with Crippen LogP contribution in [0, 0.1) is 0 Å². The molecule has 4 aromatic rings. The number of nitrogens with one attached hydrogen (secondary N) is 1. The number of benzene rings is 2. The van der Waals surface area contributed by atoms with E-state index in [4.69, 9.17) is 9.47 Å². The minimum absolute atomic E-state index is 0.0107. The molecule has 3 heterocycles. The van der Waals surface area contributed by atoms with Gasteiger partial charge in [-0.05, 0) is 49.2 Å². The Labute approximate surface area is 189 Å². The number of phenolic OH excluding ortho intramolecular Hbond substituents is 1. The SMILES string of the molecule is COc1ccc(O)c(C(=O)c2cc(-c3nc4ccccc4c(=O)[nH]3)n(CC3CCCO3)c2)c1. The van der Waals surface area contributed by atoms with Crippen molar-refractivity contribution in [2.45, 2.75) is 25.5 Å². The molecule has 5 rings (SSSR count). The average molecular weight is 445 g/mol. The summed E-state index contributed by atoms with van der Waals surface area (Å²) in [4.78, 5) is 33.4. The van der Waals surface area contributed by atoms with E-state index in [9.17, 15) is 14.7 Å². The van der Waals surface area contributed by atoms with E-state index in [2.05, 4.69) is 9.97 Å². The van der Waals surface area contributed by atoms with Gasteiger partial charge in [0.05, 0.1) is 35.4 Å². The van der Waals surface area contributed by atoms with Crippen LogP contribution in [-0.4, -0.2) is 45.2 Å². The third kappa shape index (κ3) is 4.01. The molecule has 2 aromatic carbocycles. The van der Waals surface area contributed by atoms with Crippen LogP contribution < -0.4 is 10.3 Å². The fourth-order valence-electron chi connectivity index (χ4n) is 4.18. The summed E-state index contributed by atoms with van der Waals surface area (Å²) in [6.07, 6.45) is 3.62. The van der Waals surface area contributed by atoms with E-state index in [1.54, 1.807) is 36.5 Å². The van der Waals surface area contributed by atoms with Gasteiger partial charge in [0, 0.05) is 24.9 Å². The number of methoxy groups -OCH3 is 1. The molecule has 2 aromatic heterocycles. The largest absolute Gasteiger partial charge is 0.507 e. The smallest absolute Gasteiger partial charge is 0.259 e. The minimum Gasteiger partial charge on any atom is -0.507 e. The van der Waals surface area contributed by atoms with Crippen molar-refractivity contribution in [1.29, 1.82) is 0 Å². The van der Waals surface area contributed by atoms with Crippen LogP contribution in [0.15, 0.2) is 59.5 Å². The van der Waals surface area contributed by atoms with Crippen molar-refractivity contribution in [3.63, 3.8) is 0 Å². The zero-order valence-electron chi connectivity index (χ0n) is 18.1. The lowest BCUT2D eigenvalue weighted by atomic mass is 10.0. The normalized spacial score (nSPS) is 15.7. The van der Waals surface area contributed by atoms with Gasteiger partial charge in [-0.1, -0.05) is 12.1 Å². The van der Waals surface area contributed by atoms with Crippen molar-refractivity contribution in [2.75, 3.05) is 13.7 Å². The molecular weight excluding hydrogens is 422 g/mol. The molecule has 1 fully saturated rings. The number of ketones is 1. The number of rotatable bonds is 6. The maximum Gasteiger partial charge on any atom is 0.259 e. The van der Waals surface area contributed by atoms with Crippen LogP contribution in [0.25, 0.3) is 22.4 Å². The second-order valence-electron chi connectivity index (χ2n) is 8.05. The quantitative estimate of drug-likeness (QED) is 0.440. The molecule has 0 saturated carbocycles. The van der Waals surface area contributed by atoms with Gasteiger partial charge in [-0.3, -0.25) is 9.59 Å². The van der Waals surface area contributed by atoms with Crippen molar-refractivity contribution >= 4 is 16.7 Å². The molecule has 2 N–H and O–H groups in total. The molecule has 0 bridgehead atoms. The Hall–Kier alpha value is -3.91. The van der Waals surface area contributed by atoms with E-state index in [1.807, 2.05) is 10.6 Å². The van der Waals surface area contributed by atoms with E-state index in [0.717, 1.165) is 12.8 Å². The van der Waals surface area contributed by atoms with Gasteiger partial charge in [0.2, 0.25) is 0 Å². The van der Waals surface area contributed by atoms with Crippen LogP contribution in [0.5, 0.6) is 11.5 Å². The van der Waals surface area contributed by atoms with Crippen molar-refractivity contribution in [3.8, 4) is 23.0 Å². The lowest BCUT2D eigenvalue weighted by Crippen LogP contribution is -2.17. The molecule has 0 radical (unpaired) electrons. The van der Waals surface area contributed by atoms with E-state index >= 15 is 0 Å². The molecule has 1 saturated heterocycles. The number of aromatic amines is 1. The first-order valence-electron chi connectivity index (χ1n) is 10.8. The van der Waals surface area contributed by atoms with Crippen molar-refractivity contribution in [3.05, 3.63) is 76.2 Å². The number of ether oxygens (including phenoxy) is 2. The molecule has 1 unspecified atom stereocenters. The molecule has 1 aliphatic heterocycles. The van der Waals surface area contributed by atoms with Crippen LogP contribution in [-0.2, 0) is 11.3 Å². The highest BCUT2D eigenvalue weighted by Gasteiger charge is 2.23. The molecule has 8 nitrogen and oxygen atoms in total. The van der Waals surface area contributed by atoms with Gasteiger partial charge in [-0.2, -0.15) is 0 Å². The van der Waals surface area contributed by atoms with E-state index < -0.39 is 0 Å². The molecule has 0 amide bonds. The summed E-state index contributed by atoms with van der Waals surface area (Å²) in [5, 5.41) is 10.8. The number of phenols is 1. The second-order valence-corrected chi connectivity index (χ2v) is 8.05. The third-order valence-electron chi connectivity index (χ3n) is 5.89. The van der Waals surface area contributed by atoms with Gasteiger partial charge >= 0.3 is 0 Å². The third-order valence-corrected chi connectivity index (χ3v) is 5.89. The summed E-state index contributed by atoms with van der Waals surface area (Å²) in [6, 6.07) is 13.3. The number of carbonyl (C=O) groups excluding carboxylic acids is 1. The van der Waals surface area contributed by atoms with Crippen LogP contribution in [0.3, 0.4) is 0 Å². The number of nitrogens with zero attached hydrogens (tertiary/aromatic N) is 2. The zero-order valence-corrected chi connectivity index (χ0v) is 18.1. The number of hydrogen-bond acceptors (Lipinski definition) is 6. The molecule has 1 aliphatic rings. The minimum atomic E-state index is -0.359. The van der Waals surface area contributed by atoms with Gasteiger partial charge in [-0.25, -0.2) is 4.98 Å². The van der Waals surface area contributed by atoms with Crippen molar-refractivity contribution < 1.29 is 19.4 Å².